The van der Waals surface area contributed by atoms with Crippen LogP contribution in [0.1, 0.15) is 6.92 Å². The van der Waals surface area contributed by atoms with Crippen LogP contribution < -0.4 is 16.6 Å². The van der Waals surface area contributed by atoms with Gasteiger partial charge in [-0.05, 0) is 25.1 Å². The molecule has 6 heteroatoms. The molecule has 1 aromatic carbocycles. The highest BCUT2D eigenvalue weighted by Crippen LogP contribution is 2.25. The lowest BCUT2D eigenvalue weighted by Crippen LogP contribution is -2.36. The molecule has 0 atom stereocenters. The molecule has 0 radical (unpaired) electrons. The van der Waals surface area contributed by atoms with Gasteiger partial charge in [0, 0.05) is 11.6 Å². The Morgan fingerprint density at radius 3 is 2.73 bits per heavy atom. The summed E-state index contributed by atoms with van der Waals surface area (Å²) in [5, 5.41) is 4.05. The van der Waals surface area contributed by atoms with E-state index < -0.39 is 0 Å². The highest BCUT2D eigenvalue weighted by Gasteiger charge is 2.02. The molecular weight excluding hydrogens is 235 g/mol. The van der Waals surface area contributed by atoms with Crippen LogP contribution in [0.5, 0.6) is 0 Å². The largest absolute Gasteiger partial charge is 0.324 e. The number of hydrogen-bond acceptors (Lipinski definition) is 2. The Hall–Kier alpha value is -0.970. The molecule has 15 heavy (non-hydrogen) atoms. The van der Waals surface area contributed by atoms with E-state index in [1.807, 2.05) is 6.92 Å². The van der Waals surface area contributed by atoms with Crippen molar-refractivity contribution < 1.29 is 0 Å². The van der Waals surface area contributed by atoms with Crippen LogP contribution >= 0.6 is 23.2 Å². The van der Waals surface area contributed by atoms with Crippen molar-refractivity contribution in [3.8, 4) is 0 Å². The lowest BCUT2D eigenvalue weighted by Gasteiger charge is -2.10. The first kappa shape index (κ1) is 12.1. The van der Waals surface area contributed by atoms with Crippen molar-refractivity contribution in [3.63, 3.8) is 0 Å². The van der Waals surface area contributed by atoms with Gasteiger partial charge in [-0.2, -0.15) is 0 Å². The van der Waals surface area contributed by atoms with E-state index in [0.717, 1.165) is 0 Å². The minimum absolute atomic E-state index is 0.460. The van der Waals surface area contributed by atoms with Gasteiger partial charge in [-0.1, -0.05) is 23.2 Å². The van der Waals surface area contributed by atoms with Crippen LogP contribution in [-0.2, 0) is 0 Å². The summed E-state index contributed by atoms with van der Waals surface area (Å²) in [6.45, 7) is 2.53. The van der Waals surface area contributed by atoms with Crippen LogP contribution in [0, 0.1) is 0 Å². The monoisotopic (exact) mass is 246 g/mol. The SMILES string of the molecule is CCN=C(NN)Nc1ccc(Cl)cc1Cl. The van der Waals surface area contributed by atoms with E-state index in [1.54, 1.807) is 18.2 Å². The average Bonchev–Trinajstić information content (AvgIpc) is 2.21. The van der Waals surface area contributed by atoms with Crippen molar-refractivity contribution in [1.82, 2.24) is 5.43 Å². The summed E-state index contributed by atoms with van der Waals surface area (Å²) in [5.41, 5.74) is 3.14. The zero-order chi connectivity index (χ0) is 11.3. The summed E-state index contributed by atoms with van der Waals surface area (Å²) in [4.78, 5) is 4.08. The molecule has 0 aromatic heterocycles. The molecule has 0 spiro atoms. The number of rotatable bonds is 2. The van der Waals surface area contributed by atoms with E-state index in [9.17, 15) is 0 Å². The van der Waals surface area contributed by atoms with Gasteiger partial charge in [-0.25, -0.2) is 5.84 Å². The van der Waals surface area contributed by atoms with E-state index >= 15 is 0 Å². The van der Waals surface area contributed by atoms with Crippen LogP contribution in [0.3, 0.4) is 0 Å². The Labute approximate surface area is 98.4 Å². The Morgan fingerprint density at radius 1 is 1.47 bits per heavy atom. The molecule has 4 N–H and O–H groups in total. The number of nitrogens with two attached hydrogens (primary N) is 1. The standard InChI is InChI=1S/C9H12Cl2N4/c1-2-13-9(15-12)14-8-4-3-6(10)5-7(8)11/h3-5H,2,12H2,1H3,(H2,13,14,15). The highest BCUT2D eigenvalue weighted by atomic mass is 35.5. The second kappa shape index (κ2) is 5.80. The third-order valence-corrected chi connectivity index (χ3v) is 2.18. The van der Waals surface area contributed by atoms with E-state index in [1.165, 1.54) is 0 Å². The molecule has 0 aliphatic rings. The van der Waals surface area contributed by atoms with Crippen molar-refractivity contribution in [1.29, 1.82) is 0 Å². The fourth-order valence-corrected chi connectivity index (χ4v) is 1.45. The lowest BCUT2D eigenvalue weighted by atomic mass is 10.3. The van der Waals surface area contributed by atoms with E-state index in [4.69, 9.17) is 29.0 Å². The summed E-state index contributed by atoms with van der Waals surface area (Å²) < 4.78 is 0. The highest BCUT2D eigenvalue weighted by molar-refractivity contribution is 6.36. The number of anilines is 1. The predicted octanol–water partition coefficient (Wildman–Crippen LogP) is 2.24. The van der Waals surface area contributed by atoms with Gasteiger partial charge in [0.2, 0.25) is 5.96 Å². The normalized spacial score (nSPS) is 11.3. The lowest BCUT2D eigenvalue weighted by molar-refractivity contribution is 0.986. The Bertz CT molecular complexity index is 365. The van der Waals surface area contributed by atoms with E-state index in [0.29, 0.717) is 28.2 Å². The number of aliphatic imine (C=N–C) groups is 1. The quantitative estimate of drug-likeness (QED) is 0.325. The minimum atomic E-state index is 0.460. The zero-order valence-electron chi connectivity index (χ0n) is 8.22. The first-order valence-corrected chi connectivity index (χ1v) is 5.16. The van der Waals surface area contributed by atoms with Crippen LogP contribution in [0.4, 0.5) is 5.69 Å². The molecule has 0 saturated carbocycles. The molecule has 4 nitrogen and oxygen atoms in total. The van der Waals surface area contributed by atoms with Gasteiger partial charge in [0.05, 0.1) is 10.7 Å². The smallest absolute Gasteiger partial charge is 0.210 e. The summed E-state index contributed by atoms with van der Waals surface area (Å²) in [7, 11) is 0. The summed E-state index contributed by atoms with van der Waals surface area (Å²) in [6, 6.07) is 5.13. The maximum Gasteiger partial charge on any atom is 0.210 e. The van der Waals surface area contributed by atoms with E-state index in [-0.39, 0.29) is 0 Å². The number of guanidine groups is 1. The number of benzene rings is 1. The van der Waals surface area contributed by atoms with Gasteiger partial charge >= 0.3 is 0 Å². The summed E-state index contributed by atoms with van der Waals surface area (Å²) in [5.74, 6) is 5.73. The second-order valence-electron chi connectivity index (χ2n) is 2.72. The van der Waals surface area contributed by atoms with Gasteiger partial charge in [0.15, 0.2) is 0 Å². The van der Waals surface area contributed by atoms with Crippen LogP contribution in [-0.4, -0.2) is 12.5 Å². The molecule has 0 aliphatic carbocycles. The molecule has 1 aromatic rings. The molecule has 1 rings (SSSR count). The van der Waals surface area contributed by atoms with Crippen LogP contribution in [0.25, 0.3) is 0 Å². The third kappa shape index (κ3) is 3.58. The number of halogens is 2. The predicted molar refractivity (Wildman–Crippen MR) is 65.4 cm³/mol. The van der Waals surface area contributed by atoms with Crippen molar-refractivity contribution in [3.05, 3.63) is 28.2 Å². The Balaban J connectivity index is 2.84. The molecular formula is C9H12Cl2N4. The number of hydrazine groups is 1. The molecule has 0 aliphatic heterocycles. The van der Waals surface area contributed by atoms with Crippen molar-refractivity contribution in [2.24, 2.45) is 10.8 Å². The number of nitrogens with zero attached hydrogens (tertiary/aromatic N) is 1. The van der Waals surface area contributed by atoms with E-state index in [2.05, 4.69) is 15.7 Å². The topological polar surface area (TPSA) is 62.4 Å². The molecule has 0 heterocycles. The third-order valence-electron chi connectivity index (χ3n) is 1.64. The summed E-state index contributed by atoms with van der Waals surface area (Å²) >= 11 is 11.7. The molecule has 0 fully saturated rings. The van der Waals surface area contributed by atoms with Crippen molar-refractivity contribution in [2.75, 3.05) is 11.9 Å². The second-order valence-corrected chi connectivity index (χ2v) is 3.56. The zero-order valence-corrected chi connectivity index (χ0v) is 9.73. The minimum Gasteiger partial charge on any atom is -0.324 e. The average molecular weight is 247 g/mol. The van der Waals surface area contributed by atoms with Crippen molar-refractivity contribution >= 4 is 34.8 Å². The van der Waals surface area contributed by atoms with Crippen LogP contribution in [0.15, 0.2) is 23.2 Å². The fourth-order valence-electron chi connectivity index (χ4n) is 0.998. The van der Waals surface area contributed by atoms with Gasteiger partial charge in [0.1, 0.15) is 0 Å². The maximum atomic E-state index is 5.96. The Morgan fingerprint density at radius 2 is 2.20 bits per heavy atom. The first-order chi connectivity index (χ1) is 7.17. The number of nitrogens with one attached hydrogen (secondary N) is 2. The van der Waals surface area contributed by atoms with Crippen LogP contribution in [0.2, 0.25) is 10.0 Å². The van der Waals surface area contributed by atoms with Gasteiger partial charge in [-0.3, -0.25) is 10.4 Å². The molecule has 0 unspecified atom stereocenters. The summed E-state index contributed by atoms with van der Waals surface area (Å²) in [6.07, 6.45) is 0. The molecule has 0 saturated heterocycles. The van der Waals surface area contributed by atoms with Gasteiger partial charge in [0.25, 0.3) is 0 Å². The maximum absolute atomic E-state index is 5.96. The first-order valence-electron chi connectivity index (χ1n) is 4.40. The van der Waals surface area contributed by atoms with Gasteiger partial charge < -0.3 is 5.32 Å². The molecule has 82 valence electrons. The molecule has 0 amide bonds. The van der Waals surface area contributed by atoms with Gasteiger partial charge in [-0.15, -0.1) is 0 Å². The Kier molecular flexibility index (Phi) is 4.68. The number of hydrogen-bond donors (Lipinski definition) is 3. The fraction of sp³-hybridized carbons (Fsp3) is 0.222. The van der Waals surface area contributed by atoms with Crippen molar-refractivity contribution in [2.45, 2.75) is 6.92 Å². The molecule has 0 bridgehead atoms.